The minimum absolute atomic E-state index is 0.0194. The fourth-order valence-corrected chi connectivity index (χ4v) is 2.88. The predicted molar refractivity (Wildman–Crippen MR) is 78.9 cm³/mol. The van der Waals surface area contributed by atoms with Crippen molar-refractivity contribution in [2.24, 2.45) is 16.6 Å². The Hall–Kier alpha value is -1.57. The van der Waals surface area contributed by atoms with Crippen LogP contribution < -0.4 is 5.73 Å². The van der Waals surface area contributed by atoms with Crippen molar-refractivity contribution in [1.82, 2.24) is 0 Å². The van der Waals surface area contributed by atoms with E-state index < -0.39 is 29.9 Å². The van der Waals surface area contributed by atoms with Crippen LogP contribution in [0, 0.1) is 5.92 Å². The van der Waals surface area contributed by atoms with Gasteiger partial charge in [0, 0.05) is 18.8 Å². The molecule has 0 aromatic rings. The Kier molecular flexibility index (Phi) is 5.10. The van der Waals surface area contributed by atoms with Crippen LogP contribution in [0.5, 0.6) is 0 Å². The second kappa shape index (κ2) is 6.68. The second-order valence-electron chi connectivity index (χ2n) is 5.64. The van der Waals surface area contributed by atoms with E-state index in [-0.39, 0.29) is 31.2 Å². The third-order valence-corrected chi connectivity index (χ3v) is 4.14. The lowest BCUT2D eigenvalue weighted by atomic mass is 9.78. The van der Waals surface area contributed by atoms with Crippen LogP contribution in [0.3, 0.4) is 0 Å². The van der Waals surface area contributed by atoms with E-state index in [1.807, 2.05) is 0 Å². The van der Waals surface area contributed by atoms with Gasteiger partial charge in [0.15, 0.2) is 5.67 Å². The number of nitrogens with zero attached hydrogens (tertiary/aromatic N) is 1. The number of aliphatic imine (C=N–C) groups is 1. The standard InChI is InChI=1S/C15H21FN2O4/c1-2-15(16)11(20)7-10(8-19)22-14(15)9-3-5-12(17)18-13(21)6-4-9/h2-3,5,9-11,14,19-20H,1,4,6-8H2,(H2,17,18,21)/b5-3-/t9?,10?,11?,14?,15-/m1/s1. The van der Waals surface area contributed by atoms with E-state index in [9.17, 15) is 15.0 Å². The summed E-state index contributed by atoms with van der Waals surface area (Å²) in [6.07, 6.45) is 1.43. The molecule has 4 N–H and O–H groups in total. The third kappa shape index (κ3) is 3.26. The Bertz CT molecular complexity index is 508. The lowest BCUT2D eigenvalue weighted by Crippen LogP contribution is -2.58. The number of aliphatic hydroxyl groups is 2. The summed E-state index contributed by atoms with van der Waals surface area (Å²) in [5.41, 5.74) is 3.41. The molecule has 2 aliphatic rings. The molecule has 0 bridgehead atoms. The van der Waals surface area contributed by atoms with Gasteiger partial charge >= 0.3 is 0 Å². The number of amides is 1. The van der Waals surface area contributed by atoms with Crippen molar-refractivity contribution in [2.75, 3.05) is 6.61 Å². The Morgan fingerprint density at radius 3 is 3.00 bits per heavy atom. The van der Waals surface area contributed by atoms with Gasteiger partial charge in [-0.2, -0.15) is 4.99 Å². The lowest BCUT2D eigenvalue weighted by molar-refractivity contribution is -0.196. The van der Waals surface area contributed by atoms with E-state index in [2.05, 4.69) is 11.6 Å². The van der Waals surface area contributed by atoms with Crippen molar-refractivity contribution in [3.8, 4) is 0 Å². The minimum atomic E-state index is -2.16. The van der Waals surface area contributed by atoms with E-state index in [1.54, 1.807) is 6.08 Å². The first kappa shape index (κ1) is 16.8. The topological polar surface area (TPSA) is 105 Å². The van der Waals surface area contributed by atoms with Crippen LogP contribution >= 0.6 is 0 Å². The maximum Gasteiger partial charge on any atom is 0.247 e. The van der Waals surface area contributed by atoms with Crippen LogP contribution in [0.25, 0.3) is 0 Å². The molecule has 0 saturated carbocycles. The van der Waals surface area contributed by atoms with Gasteiger partial charge in [0.25, 0.3) is 0 Å². The van der Waals surface area contributed by atoms with Crippen molar-refractivity contribution in [3.63, 3.8) is 0 Å². The maximum absolute atomic E-state index is 15.1. The van der Waals surface area contributed by atoms with E-state index in [0.29, 0.717) is 6.42 Å². The molecule has 2 rings (SSSR count). The number of hydrogen-bond donors (Lipinski definition) is 3. The molecule has 0 aromatic carbocycles. The van der Waals surface area contributed by atoms with Crippen molar-refractivity contribution in [1.29, 1.82) is 0 Å². The quantitative estimate of drug-likeness (QED) is 0.648. The highest BCUT2D eigenvalue weighted by molar-refractivity contribution is 6.00. The van der Waals surface area contributed by atoms with Gasteiger partial charge in [-0.15, -0.1) is 0 Å². The number of alkyl halides is 1. The number of nitrogens with two attached hydrogens (primary N) is 1. The average molecular weight is 312 g/mol. The molecule has 1 saturated heterocycles. The Labute approximate surface area is 128 Å². The molecule has 5 atom stereocenters. The summed E-state index contributed by atoms with van der Waals surface area (Å²) in [4.78, 5) is 15.2. The highest BCUT2D eigenvalue weighted by atomic mass is 19.1. The summed E-state index contributed by atoms with van der Waals surface area (Å²) in [6.45, 7) is 3.14. The van der Waals surface area contributed by atoms with Crippen molar-refractivity contribution in [3.05, 3.63) is 24.8 Å². The van der Waals surface area contributed by atoms with Crippen LogP contribution in [0.15, 0.2) is 29.8 Å². The molecule has 2 heterocycles. The van der Waals surface area contributed by atoms with Crippen molar-refractivity contribution in [2.45, 2.75) is 43.2 Å². The molecule has 7 heteroatoms. The van der Waals surface area contributed by atoms with Crippen LogP contribution in [0.2, 0.25) is 0 Å². The fourth-order valence-electron chi connectivity index (χ4n) is 2.88. The summed E-state index contributed by atoms with van der Waals surface area (Å²) >= 11 is 0. The smallest absolute Gasteiger partial charge is 0.247 e. The third-order valence-electron chi connectivity index (χ3n) is 4.14. The van der Waals surface area contributed by atoms with Gasteiger partial charge in [-0.3, -0.25) is 4.79 Å². The molecule has 0 spiro atoms. The summed E-state index contributed by atoms with van der Waals surface area (Å²) in [5, 5.41) is 19.3. The summed E-state index contributed by atoms with van der Waals surface area (Å²) in [7, 11) is 0. The number of rotatable bonds is 3. The van der Waals surface area contributed by atoms with Gasteiger partial charge in [0.1, 0.15) is 11.9 Å². The summed E-state index contributed by atoms with van der Waals surface area (Å²) in [5.74, 6) is -0.831. The second-order valence-corrected chi connectivity index (χ2v) is 5.64. The average Bonchev–Trinajstić information content (AvgIpc) is 2.48. The number of ether oxygens (including phenoxy) is 1. The van der Waals surface area contributed by atoms with Gasteiger partial charge in [-0.05, 0) is 18.6 Å². The highest BCUT2D eigenvalue weighted by Crippen LogP contribution is 2.39. The molecular weight excluding hydrogens is 291 g/mol. The van der Waals surface area contributed by atoms with Gasteiger partial charge < -0.3 is 20.7 Å². The molecular formula is C15H21FN2O4. The van der Waals surface area contributed by atoms with Crippen LogP contribution in [-0.4, -0.2) is 52.5 Å². The zero-order valence-electron chi connectivity index (χ0n) is 12.2. The minimum Gasteiger partial charge on any atom is -0.394 e. The van der Waals surface area contributed by atoms with Gasteiger partial charge in [0.2, 0.25) is 5.91 Å². The number of amidine groups is 1. The van der Waals surface area contributed by atoms with Crippen molar-refractivity contribution >= 4 is 11.7 Å². The first-order valence-electron chi connectivity index (χ1n) is 7.22. The van der Waals surface area contributed by atoms with Crippen LogP contribution in [0.4, 0.5) is 4.39 Å². The molecule has 122 valence electrons. The van der Waals surface area contributed by atoms with Crippen LogP contribution in [-0.2, 0) is 9.53 Å². The number of hydrogen-bond acceptors (Lipinski definition) is 5. The molecule has 1 amide bonds. The Balaban J connectivity index is 2.31. The molecule has 22 heavy (non-hydrogen) atoms. The molecule has 0 aliphatic carbocycles. The van der Waals surface area contributed by atoms with Gasteiger partial charge in [0.05, 0.1) is 18.8 Å². The molecule has 4 unspecified atom stereocenters. The molecule has 6 nitrogen and oxygen atoms in total. The monoisotopic (exact) mass is 312 g/mol. The normalized spacial score (nSPS) is 41.2. The number of carbonyl (C=O) groups excluding carboxylic acids is 1. The highest BCUT2D eigenvalue weighted by Gasteiger charge is 2.52. The Morgan fingerprint density at radius 1 is 1.64 bits per heavy atom. The van der Waals surface area contributed by atoms with Gasteiger partial charge in [-0.25, -0.2) is 4.39 Å². The van der Waals surface area contributed by atoms with E-state index >= 15 is 4.39 Å². The number of carbonyl (C=O) groups is 1. The summed E-state index contributed by atoms with van der Waals surface area (Å²) in [6, 6.07) is 0. The van der Waals surface area contributed by atoms with Crippen LogP contribution in [0.1, 0.15) is 19.3 Å². The van der Waals surface area contributed by atoms with Gasteiger partial charge in [-0.1, -0.05) is 12.7 Å². The first-order valence-corrected chi connectivity index (χ1v) is 7.22. The predicted octanol–water partition coefficient (Wildman–Crippen LogP) is 0.241. The fraction of sp³-hybridized carbons (Fsp3) is 0.600. The Morgan fingerprint density at radius 2 is 2.36 bits per heavy atom. The number of aliphatic hydroxyl groups excluding tert-OH is 2. The maximum atomic E-state index is 15.1. The van der Waals surface area contributed by atoms with Crippen molar-refractivity contribution < 1.29 is 24.1 Å². The van der Waals surface area contributed by atoms with E-state index in [1.165, 1.54) is 6.08 Å². The SMILES string of the molecule is C=C[C@@]1(F)C(O)CC(CO)OC1C1/C=C\C(N)=NC(=O)CC1. The zero-order valence-corrected chi connectivity index (χ0v) is 12.2. The molecule has 2 aliphatic heterocycles. The largest absolute Gasteiger partial charge is 0.394 e. The summed E-state index contributed by atoms with van der Waals surface area (Å²) < 4.78 is 20.7. The number of halogens is 1. The molecule has 0 radical (unpaired) electrons. The zero-order chi connectivity index (χ0) is 16.3. The van der Waals surface area contributed by atoms with E-state index in [0.717, 1.165) is 6.08 Å². The van der Waals surface area contributed by atoms with E-state index in [4.69, 9.17) is 10.5 Å². The molecule has 0 aromatic heterocycles. The lowest BCUT2D eigenvalue weighted by Gasteiger charge is -2.45. The molecule has 1 fully saturated rings. The first-order chi connectivity index (χ1) is 10.4.